The van der Waals surface area contributed by atoms with Crippen molar-refractivity contribution in [3.05, 3.63) is 35.9 Å². The van der Waals surface area contributed by atoms with E-state index in [9.17, 15) is 13.6 Å². The molecule has 1 unspecified atom stereocenters. The van der Waals surface area contributed by atoms with E-state index in [0.717, 1.165) is 0 Å². The van der Waals surface area contributed by atoms with Gasteiger partial charge in [0.2, 0.25) is 0 Å². The fraction of sp³-hybridized carbons (Fsp3) is 0.364. The van der Waals surface area contributed by atoms with Crippen molar-refractivity contribution < 1.29 is 13.6 Å². The molecule has 16 heavy (non-hydrogen) atoms. The molecule has 2 N–H and O–H groups in total. The Morgan fingerprint density at radius 3 is 2.62 bits per heavy atom. The van der Waals surface area contributed by atoms with Gasteiger partial charge in [0.1, 0.15) is 6.04 Å². The maximum absolute atomic E-state index is 13.2. The van der Waals surface area contributed by atoms with Gasteiger partial charge in [-0.05, 0) is 12.1 Å². The summed E-state index contributed by atoms with van der Waals surface area (Å²) in [5.41, 5.74) is 0.394. The van der Waals surface area contributed by atoms with Gasteiger partial charge < -0.3 is 10.6 Å². The number of amides is 1. The molecule has 1 atom stereocenters. The quantitative estimate of drug-likeness (QED) is 0.790. The van der Waals surface area contributed by atoms with Gasteiger partial charge in [0, 0.05) is 12.1 Å². The highest BCUT2D eigenvalue weighted by molar-refractivity contribution is 5.94. The zero-order valence-corrected chi connectivity index (χ0v) is 8.54. The third-order valence-electron chi connectivity index (χ3n) is 2.56. The molecule has 1 amide bonds. The molecule has 0 spiro atoms. The number of halogens is 2. The third kappa shape index (κ3) is 2.19. The van der Waals surface area contributed by atoms with E-state index in [1.807, 2.05) is 0 Å². The number of alkyl halides is 2. The summed E-state index contributed by atoms with van der Waals surface area (Å²) in [7, 11) is 0. The number of hydrogen-bond donors (Lipinski definition) is 2. The van der Waals surface area contributed by atoms with Crippen LogP contribution in [0.5, 0.6) is 0 Å². The van der Waals surface area contributed by atoms with Crippen molar-refractivity contribution >= 4 is 5.91 Å². The molecule has 0 aromatic heterocycles. The first-order chi connectivity index (χ1) is 7.59. The van der Waals surface area contributed by atoms with Gasteiger partial charge in [0.15, 0.2) is 0 Å². The van der Waals surface area contributed by atoms with Crippen molar-refractivity contribution in [1.82, 2.24) is 10.6 Å². The van der Waals surface area contributed by atoms with Gasteiger partial charge in [-0.3, -0.25) is 4.79 Å². The minimum Gasteiger partial charge on any atom is -0.342 e. The molecule has 5 heteroatoms. The van der Waals surface area contributed by atoms with Gasteiger partial charge >= 0.3 is 0 Å². The second kappa shape index (κ2) is 4.17. The molecule has 1 aromatic carbocycles. The number of hydrogen-bond acceptors (Lipinski definition) is 2. The Morgan fingerprint density at radius 1 is 1.38 bits per heavy atom. The van der Waals surface area contributed by atoms with E-state index in [-0.39, 0.29) is 13.1 Å². The number of carbonyl (C=O) groups excluding carboxylic acids is 1. The van der Waals surface area contributed by atoms with E-state index in [0.29, 0.717) is 5.56 Å². The van der Waals surface area contributed by atoms with Crippen LogP contribution in [0.2, 0.25) is 0 Å². The molecule has 1 aliphatic heterocycles. The molecular weight excluding hydrogens is 214 g/mol. The maximum atomic E-state index is 13.2. The Hall–Kier alpha value is -1.49. The van der Waals surface area contributed by atoms with Crippen LogP contribution in [0.1, 0.15) is 10.4 Å². The highest BCUT2D eigenvalue weighted by Crippen LogP contribution is 2.22. The summed E-state index contributed by atoms with van der Waals surface area (Å²) in [6.07, 6.45) is 0. The van der Waals surface area contributed by atoms with Crippen LogP contribution < -0.4 is 10.6 Å². The topological polar surface area (TPSA) is 41.1 Å². The minimum absolute atomic E-state index is 0.103. The molecule has 1 fully saturated rings. The van der Waals surface area contributed by atoms with Gasteiger partial charge in [-0.2, -0.15) is 0 Å². The van der Waals surface area contributed by atoms with Crippen LogP contribution in [0.15, 0.2) is 30.3 Å². The predicted octanol–water partition coefficient (Wildman–Crippen LogP) is 1.02. The summed E-state index contributed by atoms with van der Waals surface area (Å²) in [6, 6.07) is 7.22. The van der Waals surface area contributed by atoms with Gasteiger partial charge in [0.25, 0.3) is 11.8 Å². The number of benzene rings is 1. The van der Waals surface area contributed by atoms with Crippen molar-refractivity contribution in [3.8, 4) is 0 Å². The zero-order valence-electron chi connectivity index (χ0n) is 8.54. The summed E-state index contributed by atoms with van der Waals surface area (Å²) in [4.78, 5) is 11.6. The lowest BCUT2D eigenvalue weighted by Crippen LogP contribution is -2.46. The van der Waals surface area contributed by atoms with Crippen molar-refractivity contribution in [2.24, 2.45) is 0 Å². The number of rotatable bonds is 2. The lowest BCUT2D eigenvalue weighted by atomic mass is 10.1. The van der Waals surface area contributed by atoms with Crippen molar-refractivity contribution in [1.29, 1.82) is 0 Å². The van der Waals surface area contributed by atoms with Gasteiger partial charge in [-0.15, -0.1) is 0 Å². The summed E-state index contributed by atoms with van der Waals surface area (Å²) in [5.74, 6) is -3.33. The van der Waals surface area contributed by atoms with Crippen molar-refractivity contribution in [2.45, 2.75) is 12.0 Å². The van der Waals surface area contributed by atoms with E-state index in [1.165, 1.54) is 0 Å². The fourth-order valence-corrected chi connectivity index (χ4v) is 1.64. The molecule has 1 saturated heterocycles. The normalized spacial score (nSPS) is 23.0. The highest BCUT2D eigenvalue weighted by atomic mass is 19.3. The molecule has 1 aromatic rings. The van der Waals surface area contributed by atoms with Gasteiger partial charge in [0.05, 0.1) is 6.54 Å². The Balaban J connectivity index is 2.03. The van der Waals surface area contributed by atoms with E-state index >= 15 is 0 Å². The molecular formula is C11H12F2N2O. The summed E-state index contributed by atoms with van der Waals surface area (Å²) >= 11 is 0. The Morgan fingerprint density at radius 2 is 2.06 bits per heavy atom. The van der Waals surface area contributed by atoms with Gasteiger partial charge in [-0.25, -0.2) is 8.78 Å². The average Bonchev–Trinajstić information content (AvgIpc) is 2.59. The molecule has 0 aliphatic carbocycles. The van der Waals surface area contributed by atoms with E-state index in [2.05, 4.69) is 10.6 Å². The van der Waals surface area contributed by atoms with Crippen LogP contribution in [0.3, 0.4) is 0 Å². The standard InChI is InChI=1S/C11H12F2N2O/c12-11(13)7-14-6-9(11)15-10(16)8-4-2-1-3-5-8/h1-5,9,14H,6-7H2,(H,15,16). The van der Waals surface area contributed by atoms with Crippen LogP contribution in [-0.4, -0.2) is 31.0 Å². The first-order valence-electron chi connectivity index (χ1n) is 5.04. The van der Waals surface area contributed by atoms with Crippen molar-refractivity contribution in [2.75, 3.05) is 13.1 Å². The summed E-state index contributed by atoms with van der Waals surface area (Å²) in [6.45, 7) is -0.279. The van der Waals surface area contributed by atoms with Crippen LogP contribution >= 0.6 is 0 Å². The smallest absolute Gasteiger partial charge is 0.281 e. The molecule has 1 aliphatic rings. The molecule has 3 nitrogen and oxygen atoms in total. The molecule has 2 rings (SSSR count). The molecule has 86 valence electrons. The SMILES string of the molecule is O=C(NC1CNCC1(F)F)c1ccccc1. The average molecular weight is 226 g/mol. The Labute approximate surface area is 91.8 Å². The number of carbonyl (C=O) groups is 1. The van der Waals surface area contributed by atoms with Crippen LogP contribution in [0, 0.1) is 0 Å². The molecule has 0 radical (unpaired) electrons. The molecule has 0 saturated carbocycles. The largest absolute Gasteiger partial charge is 0.342 e. The second-order valence-corrected chi connectivity index (χ2v) is 3.78. The van der Waals surface area contributed by atoms with E-state index in [4.69, 9.17) is 0 Å². The van der Waals surface area contributed by atoms with E-state index < -0.39 is 17.9 Å². The number of nitrogens with one attached hydrogen (secondary N) is 2. The van der Waals surface area contributed by atoms with Crippen LogP contribution in [0.25, 0.3) is 0 Å². The maximum Gasteiger partial charge on any atom is 0.281 e. The molecule has 1 heterocycles. The fourth-order valence-electron chi connectivity index (χ4n) is 1.64. The summed E-state index contributed by atoms with van der Waals surface area (Å²) in [5, 5.41) is 4.89. The van der Waals surface area contributed by atoms with Crippen LogP contribution in [0.4, 0.5) is 8.78 Å². The summed E-state index contributed by atoms with van der Waals surface area (Å²) < 4.78 is 26.4. The van der Waals surface area contributed by atoms with Crippen LogP contribution in [-0.2, 0) is 0 Å². The highest BCUT2D eigenvalue weighted by Gasteiger charge is 2.44. The van der Waals surface area contributed by atoms with Crippen molar-refractivity contribution in [3.63, 3.8) is 0 Å². The monoisotopic (exact) mass is 226 g/mol. The zero-order chi connectivity index (χ0) is 11.6. The third-order valence-corrected chi connectivity index (χ3v) is 2.56. The van der Waals surface area contributed by atoms with Gasteiger partial charge in [-0.1, -0.05) is 18.2 Å². The lowest BCUT2D eigenvalue weighted by Gasteiger charge is -2.19. The Kier molecular flexibility index (Phi) is 2.87. The first-order valence-corrected chi connectivity index (χ1v) is 5.04. The first kappa shape index (κ1) is 11.0. The minimum atomic E-state index is -2.87. The van der Waals surface area contributed by atoms with E-state index in [1.54, 1.807) is 30.3 Å². The molecule has 0 bridgehead atoms. The second-order valence-electron chi connectivity index (χ2n) is 3.78. The lowest BCUT2D eigenvalue weighted by molar-refractivity contribution is -0.00246. The Bertz CT molecular complexity index is 381. The predicted molar refractivity (Wildman–Crippen MR) is 55.5 cm³/mol.